The molecular weight excluding hydrogens is 434 g/mol. The van der Waals surface area contributed by atoms with Gasteiger partial charge in [0.2, 0.25) is 10.0 Å². The van der Waals surface area contributed by atoms with Gasteiger partial charge in [-0.05, 0) is 25.1 Å². The van der Waals surface area contributed by atoms with Crippen molar-refractivity contribution in [2.24, 2.45) is 5.73 Å². The molecular formula is C20H23N7O4S. The Morgan fingerprint density at radius 3 is 2.41 bits per heavy atom. The van der Waals surface area contributed by atoms with Crippen LogP contribution in [0.2, 0.25) is 0 Å². The van der Waals surface area contributed by atoms with Crippen LogP contribution in [0, 0.1) is 6.92 Å². The molecule has 3 heterocycles. The second kappa shape index (κ2) is 8.55. The van der Waals surface area contributed by atoms with Crippen LogP contribution < -0.4 is 15.4 Å². The number of ether oxygens (including phenoxy) is 1. The number of rotatable bonds is 6. The van der Waals surface area contributed by atoms with Crippen molar-refractivity contribution in [3.8, 4) is 11.6 Å². The number of nitrogens with two attached hydrogens (primary N) is 1. The van der Waals surface area contributed by atoms with Crippen molar-refractivity contribution >= 4 is 21.7 Å². The number of hydrogen-bond donors (Lipinski definition) is 1. The number of nitrogens with zero attached hydrogens (tertiary/aromatic N) is 6. The van der Waals surface area contributed by atoms with Gasteiger partial charge in [0.1, 0.15) is 29.5 Å². The predicted octanol–water partition coefficient (Wildman–Crippen LogP) is 0.589. The highest BCUT2D eigenvalue weighted by molar-refractivity contribution is 7.89. The van der Waals surface area contributed by atoms with Gasteiger partial charge in [0.05, 0.1) is 17.6 Å². The number of benzene rings is 1. The van der Waals surface area contributed by atoms with Crippen molar-refractivity contribution < 1.29 is 17.9 Å². The van der Waals surface area contributed by atoms with E-state index in [1.165, 1.54) is 35.9 Å². The third kappa shape index (κ3) is 4.01. The van der Waals surface area contributed by atoms with E-state index < -0.39 is 15.9 Å². The summed E-state index contributed by atoms with van der Waals surface area (Å²) in [7, 11) is -2.41. The lowest BCUT2D eigenvalue weighted by molar-refractivity contribution is 0.0997. The minimum absolute atomic E-state index is 0.000422. The van der Waals surface area contributed by atoms with Crippen molar-refractivity contribution in [1.82, 2.24) is 23.8 Å². The summed E-state index contributed by atoms with van der Waals surface area (Å²) in [5.74, 6) is 1.68. The topological polar surface area (TPSA) is 137 Å². The Bertz CT molecular complexity index is 1250. The van der Waals surface area contributed by atoms with Crippen molar-refractivity contribution in [1.29, 1.82) is 0 Å². The molecule has 0 saturated carbocycles. The van der Waals surface area contributed by atoms with Crippen LogP contribution in [0.5, 0.6) is 5.75 Å². The second-order valence-electron chi connectivity index (χ2n) is 7.20. The van der Waals surface area contributed by atoms with E-state index in [-0.39, 0.29) is 29.3 Å². The van der Waals surface area contributed by atoms with Crippen LogP contribution >= 0.6 is 0 Å². The summed E-state index contributed by atoms with van der Waals surface area (Å²) in [6.45, 7) is 3.33. The minimum Gasteiger partial charge on any atom is -0.496 e. The Hall–Kier alpha value is -3.51. The molecule has 12 heteroatoms. The fraction of sp³-hybridized carbons (Fsp3) is 0.300. The molecule has 1 fully saturated rings. The number of carbonyl (C=O) groups is 1. The van der Waals surface area contributed by atoms with Crippen LogP contribution in [0.25, 0.3) is 5.82 Å². The maximum Gasteiger partial charge on any atom is 0.252 e. The number of sulfonamides is 1. The molecule has 168 valence electrons. The van der Waals surface area contributed by atoms with E-state index in [0.717, 1.165) is 5.82 Å². The zero-order chi connectivity index (χ0) is 22.9. The molecule has 2 aromatic heterocycles. The van der Waals surface area contributed by atoms with Crippen LogP contribution in [-0.4, -0.2) is 71.4 Å². The molecule has 0 spiro atoms. The standard InChI is InChI=1S/C20H23N7O4S/c1-14-22-5-6-27(14)19-12-18(23-13-24-19)25-7-9-26(10-8-25)32(29,30)15-3-4-17(31-2)16(11-15)20(21)28/h3-6,11-13H,7-10H2,1-2H3,(H2,21,28). The number of aryl methyl sites for hydroxylation is 1. The Balaban J connectivity index is 1.51. The molecule has 32 heavy (non-hydrogen) atoms. The number of piperazine rings is 1. The number of methoxy groups -OCH3 is 1. The number of primary amides is 1. The third-order valence-corrected chi connectivity index (χ3v) is 7.24. The van der Waals surface area contributed by atoms with Gasteiger partial charge in [-0.2, -0.15) is 4.31 Å². The van der Waals surface area contributed by atoms with E-state index in [4.69, 9.17) is 10.5 Å². The molecule has 2 N–H and O–H groups in total. The highest BCUT2D eigenvalue weighted by Crippen LogP contribution is 2.26. The fourth-order valence-electron chi connectivity index (χ4n) is 3.61. The van der Waals surface area contributed by atoms with E-state index in [0.29, 0.717) is 24.7 Å². The molecule has 0 atom stereocenters. The molecule has 1 saturated heterocycles. The minimum atomic E-state index is -3.80. The van der Waals surface area contributed by atoms with Crippen LogP contribution in [0.4, 0.5) is 5.82 Å². The van der Waals surface area contributed by atoms with E-state index >= 15 is 0 Å². The number of anilines is 1. The summed E-state index contributed by atoms with van der Waals surface area (Å²) in [5.41, 5.74) is 5.39. The summed E-state index contributed by atoms with van der Waals surface area (Å²) in [6, 6.07) is 5.95. The Kier molecular flexibility index (Phi) is 5.80. The maximum atomic E-state index is 13.1. The number of aromatic nitrogens is 4. The lowest BCUT2D eigenvalue weighted by Gasteiger charge is -2.34. The van der Waals surface area contributed by atoms with Crippen molar-refractivity contribution in [2.45, 2.75) is 11.8 Å². The molecule has 1 aromatic carbocycles. The van der Waals surface area contributed by atoms with E-state index in [2.05, 4.69) is 15.0 Å². The average molecular weight is 458 g/mol. The zero-order valence-corrected chi connectivity index (χ0v) is 18.5. The summed E-state index contributed by atoms with van der Waals surface area (Å²) in [4.78, 5) is 26.5. The van der Waals surface area contributed by atoms with Crippen molar-refractivity contribution in [3.63, 3.8) is 0 Å². The van der Waals surface area contributed by atoms with Crippen LogP contribution in [-0.2, 0) is 10.0 Å². The van der Waals surface area contributed by atoms with Crippen LogP contribution in [0.15, 0.2) is 47.9 Å². The molecule has 1 aliphatic rings. The lowest BCUT2D eigenvalue weighted by atomic mass is 10.2. The molecule has 0 radical (unpaired) electrons. The van der Waals surface area contributed by atoms with Gasteiger partial charge in [-0.15, -0.1) is 0 Å². The summed E-state index contributed by atoms with van der Waals surface area (Å²) >= 11 is 0. The smallest absolute Gasteiger partial charge is 0.252 e. The first-order valence-corrected chi connectivity index (χ1v) is 11.3. The number of hydrogen-bond acceptors (Lipinski definition) is 8. The SMILES string of the molecule is COc1ccc(S(=O)(=O)N2CCN(c3cc(-n4ccnc4C)ncn3)CC2)cc1C(N)=O. The second-order valence-corrected chi connectivity index (χ2v) is 9.13. The number of carbonyl (C=O) groups excluding carboxylic acids is 1. The first kappa shape index (κ1) is 21.7. The van der Waals surface area contributed by atoms with E-state index in [1.54, 1.807) is 6.20 Å². The summed E-state index contributed by atoms with van der Waals surface area (Å²) in [6.07, 6.45) is 5.00. The van der Waals surface area contributed by atoms with Gasteiger partial charge in [0.25, 0.3) is 5.91 Å². The molecule has 1 amide bonds. The fourth-order valence-corrected chi connectivity index (χ4v) is 5.06. The quantitative estimate of drug-likeness (QED) is 0.568. The number of amides is 1. The third-order valence-electron chi connectivity index (χ3n) is 5.35. The number of imidazole rings is 1. The molecule has 0 aliphatic carbocycles. The van der Waals surface area contributed by atoms with Gasteiger partial charge in [0.15, 0.2) is 0 Å². The molecule has 1 aliphatic heterocycles. The van der Waals surface area contributed by atoms with Gasteiger partial charge in [0, 0.05) is 44.6 Å². The van der Waals surface area contributed by atoms with Gasteiger partial charge < -0.3 is 15.4 Å². The zero-order valence-electron chi connectivity index (χ0n) is 17.7. The molecule has 11 nitrogen and oxygen atoms in total. The van der Waals surface area contributed by atoms with Crippen LogP contribution in [0.3, 0.4) is 0 Å². The monoisotopic (exact) mass is 457 g/mol. The maximum absolute atomic E-state index is 13.1. The highest BCUT2D eigenvalue weighted by atomic mass is 32.2. The first-order valence-electron chi connectivity index (χ1n) is 9.86. The van der Waals surface area contributed by atoms with Crippen molar-refractivity contribution in [2.75, 3.05) is 38.2 Å². The Labute approximate surface area is 185 Å². The van der Waals surface area contributed by atoms with E-state index in [1.807, 2.05) is 28.7 Å². The first-order chi connectivity index (χ1) is 15.3. The Morgan fingerprint density at radius 2 is 1.78 bits per heavy atom. The molecule has 0 unspecified atom stereocenters. The molecule has 0 bridgehead atoms. The van der Waals surface area contributed by atoms with Gasteiger partial charge in [-0.3, -0.25) is 9.36 Å². The highest BCUT2D eigenvalue weighted by Gasteiger charge is 2.30. The summed E-state index contributed by atoms with van der Waals surface area (Å²) in [5, 5.41) is 0. The normalized spacial score (nSPS) is 15.0. The van der Waals surface area contributed by atoms with E-state index in [9.17, 15) is 13.2 Å². The summed E-state index contributed by atoms with van der Waals surface area (Å²) < 4.78 is 34.6. The Morgan fingerprint density at radius 1 is 1.06 bits per heavy atom. The average Bonchev–Trinajstić information content (AvgIpc) is 3.24. The molecule has 4 rings (SSSR count). The van der Waals surface area contributed by atoms with Crippen molar-refractivity contribution in [3.05, 3.63) is 54.4 Å². The van der Waals surface area contributed by atoms with Gasteiger partial charge in [-0.1, -0.05) is 0 Å². The predicted molar refractivity (Wildman–Crippen MR) is 116 cm³/mol. The van der Waals surface area contributed by atoms with Crippen LogP contribution in [0.1, 0.15) is 16.2 Å². The van der Waals surface area contributed by atoms with Gasteiger partial charge >= 0.3 is 0 Å². The van der Waals surface area contributed by atoms with Gasteiger partial charge in [-0.25, -0.2) is 23.4 Å². The lowest BCUT2D eigenvalue weighted by Crippen LogP contribution is -2.49. The molecule has 3 aromatic rings. The largest absolute Gasteiger partial charge is 0.496 e.